The van der Waals surface area contributed by atoms with Crippen molar-refractivity contribution < 1.29 is 5.11 Å². The minimum absolute atomic E-state index is 0.141. The highest BCUT2D eigenvalue weighted by molar-refractivity contribution is 7.17. The lowest BCUT2D eigenvalue weighted by Crippen LogP contribution is -1.88. The first-order valence-electron chi connectivity index (χ1n) is 4.86. The van der Waals surface area contributed by atoms with Gasteiger partial charge in [0.2, 0.25) is 0 Å². The third-order valence-electron chi connectivity index (χ3n) is 2.53. The molecule has 0 aliphatic heterocycles. The molecule has 0 saturated heterocycles. The lowest BCUT2D eigenvalue weighted by atomic mass is 10.0. The summed E-state index contributed by atoms with van der Waals surface area (Å²) in [4.78, 5) is 0. The fourth-order valence-corrected chi connectivity index (χ4v) is 3.05. The summed E-state index contributed by atoms with van der Waals surface area (Å²) in [5.41, 5.74) is 3.65. The van der Waals surface area contributed by atoms with Crippen LogP contribution in [0.2, 0.25) is 0 Å². The molecule has 0 amide bonds. The third-order valence-corrected chi connectivity index (χ3v) is 3.51. The van der Waals surface area contributed by atoms with Crippen molar-refractivity contribution in [3.8, 4) is 0 Å². The standard InChI is InChI=1S/C12H14OS/c1-3-9-7-14-11-5-8(2)4-10(6-13)12(9)11/h4-5,7,13H,3,6H2,1-2H3. The molecule has 2 aromatic rings. The van der Waals surface area contributed by atoms with E-state index in [-0.39, 0.29) is 6.61 Å². The van der Waals surface area contributed by atoms with Crippen molar-refractivity contribution >= 4 is 21.4 Å². The second kappa shape index (κ2) is 3.71. The quantitative estimate of drug-likeness (QED) is 0.799. The molecule has 0 saturated carbocycles. The Morgan fingerprint density at radius 1 is 1.29 bits per heavy atom. The van der Waals surface area contributed by atoms with Gasteiger partial charge >= 0.3 is 0 Å². The van der Waals surface area contributed by atoms with Gasteiger partial charge < -0.3 is 5.11 Å². The molecule has 1 aromatic heterocycles. The first-order valence-corrected chi connectivity index (χ1v) is 5.74. The largest absolute Gasteiger partial charge is 0.392 e. The topological polar surface area (TPSA) is 20.2 Å². The van der Waals surface area contributed by atoms with Crippen molar-refractivity contribution in [3.63, 3.8) is 0 Å². The van der Waals surface area contributed by atoms with Crippen LogP contribution in [0.15, 0.2) is 17.5 Å². The number of hydrogen-bond acceptors (Lipinski definition) is 2. The molecule has 0 fully saturated rings. The van der Waals surface area contributed by atoms with Gasteiger partial charge in [0.1, 0.15) is 0 Å². The minimum Gasteiger partial charge on any atom is -0.392 e. The van der Waals surface area contributed by atoms with Crippen LogP contribution in [0.3, 0.4) is 0 Å². The zero-order chi connectivity index (χ0) is 10.1. The number of benzene rings is 1. The summed E-state index contributed by atoms with van der Waals surface area (Å²) in [6.45, 7) is 4.37. The van der Waals surface area contributed by atoms with Gasteiger partial charge in [0.05, 0.1) is 6.61 Å². The van der Waals surface area contributed by atoms with Crippen molar-refractivity contribution in [1.29, 1.82) is 0 Å². The molecule has 14 heavy (non-hydrogen) atoms. The van der Waals surface area contributed by atoms with E-state index < -0.39 is 0 Å². The van der Waals surface area contributed by atoms with Crippen molar-refractivity contribution in [2.24, 2.45) is 0 Å². The predicted molar refractivity (Wildman–Crippen MR) is 61.9 cm³/mol. The van der Waals surface area contributed by atoms with E-state index in [1.165, 1.54) is 21.2 Å². The summed E-state index contributed by atoms with van der Waals surface area (Å²) in [7, 11) is 0. The van der Waals surface area contributed by atoms with Crippen LogP contribution in [0.4, 0.5) is 0 Å². The van der Waals surface area contributed by atoms with Gasteiger partial charge in [-0.05, 0) is 41.5 Å². The number of aliphatic hydroxyl groups is 1. The Morgan fingerprint density at radius 3 is 2.71 bits per heavy atom. The van der Waals surface area contributed by atoms with Gasteiger partial charge in [-0.25, -0.2) is 0 Å². The number of thiophene rings is 1. The fraction of sp³-hybridized carbons (Fsp3) is 0.333. The highest BCUT2D eigenvalue weighted by Crippen LogP contribution is 2.30. The fourth-order valence-electron chi connectivity index (χ4n) is 1.86. The summed E-state index contributed by atoms with van der Waals surface area (Å²) in [5.74, 6) is 0. The molecule has 0 aliphatic carbocycles. The number of hydrogen-bond donors (Lipinski definition) is 1. The number of rotatable bonds is 2. The lowest BCUT2D eigenvalue weighted by Gasteiger charge is -2.03. The van der Waals surface area contributed by atoms with Crippen molar-refractivity contribution in [3.05, 3.63) is 34.2 Å². The van der Waals surface area contributed by atoms with E-state index in [1.54, 1.807) is 11.3 Å². The van der Waals surface area contributed by atoms with Crippen molar-refractivity contribution in [2.45, 2.75) is 26.9 Å². The summed E-state index contributed by atoms with van der Waals surface area (Å²) >= 11 is 1.77. The van der Waals surface area contributed by atoms with E-state index in [0.29, 0.717) is 0 Å². The van der Waals surface area contributed by atoms with Crippen LogP contribution in [-0.4, -0.2) is 5.11 Å². The van der Waals surface area contributed by atoms with E-state index in [1.807, 2.05) is 0 Å². The second-order valence-corrected chi connectivity index (χ2v) is 4.48. The first-order chi connectivity index (χ1) is 6.76. The van der Waals surface area contributed by atoms with Crippen LogP contribution in [-0.2, 0) is 13.0 Å². The molecule has 0 bridgehead atoms. The molecule has 1 nitrogen and oxygen atoms in total. The van der Waals surface area contributed by atoms with Gasteiger partial charge in [-0.1, -0.05) is 13.0 Å². The van der Waals surface area contributed by atoms with E-state index in [0.717, 1.165) is 12.0 Å². The van der Waals surface area contributed by atoms with Crippen molar-refractivity contribution in [2.75, 3.05) is 0 Å². The number of fused-ring (bicyclic) bond motifs is 1. The van der Waals surface area contributed by atoms with Crippen LogP contribution in [0, 0.1) is 6.92 Å². The van der Waals surface area contributed by atoms with Crippen LogP contribution >= 0.6 is 11.3 Å². The molecule has 1 aromatic carbocycles. The van der Waals surface area contributed by atoms with Gasteiger partial charge in [0.15, 0.2) is 0 Å². The van der Waals surface area contributed by atoms with Crippen molar-refractivity contribution in [1.82, 2.24) is 0 Å². The summed E-state index contributed by atoms with van der Waals surface area (Å²) < 4.78 is 1.30. The van der Waals surface area contributed by atoms with Gasteiger partial charge in [-0.15, -0.1) is 11.3 Å². The first kappa shape index (κ1) is 9.69. The zero-order valence-corrected chi connectivity index (χ0v) is 9.32. The van der Waals surface area contributed by atoms with E-state index in [9.17, 15) is 5.11 Å². The van der Waals surface area contributed by atoms with Gasteiger partial charge in [-0.2, -0.15) is 0 Å². The molecule has 0 atom stereocenters. The maximum absolute atomic E-state index is 9.30. The molecular formula is C12H14OS. The Labute approximate surface area is 88.0 Å². The van der Waals surface area contributed by atoms with Crippen LogP contribution < -0.4 is 0 Å². The molecule has 2 rings (SSSR count). The Kier molecular flexibility index (Phi) is 2.57. The Balaban J connectivity index is 2.78. The smallest absolute Gasteiger partial charge is 0.0688 e. The number of aryl methyl sites for hydroxylation is 2. The SMILES string of the molecule is CCc1csc2cc(C)cc(CO)c12. The molecule has 0 spiro atoms. The van der Waals surface area contributed by atoms with Gasteiger partial charge in [0.25, 0.3) is 0 Å². The molecule has 0 aliphatic rings. The van der Waals surface area contributed by atoms with Gasteiger partial charge in [0, 0.05) is 10.1 Å². The maximum atomic E-state index is 9.30. The summed E-state index contributed by atoms with van der Waals surface area (Å²) in [5, 5.41) is 12.8. The highest BCUT2D eigenvalue weighted by Gasteiger charge is 2.07. The highest BCUT2D eigenvalue weighted by atomic mass is 32.1. The molecule has 2 heteroatoms. The molecular weight excluding hydrogens is 192 g/mol. The Hall–Kier alpha value is -0.860. The van der Waals surface area contributed by atoms with E-state index >= 15 is 0 Å². The molecule has 0 radical (unpaired) electrons. The maximum Gasteiger partial charge on any atom is 0.0688 e. The van der Waals surface area contributed by atoms with E-state index in [4.69, 9.17) is 0 Å². The second-order valence-electron chi connectivity index (χ2n) is 3.57. The summed E-state index contributed by atoms with van der Waals surface area (Å²) in [6, 6.07) is 4.27. The predicted octanol–water partition coefficient (Wildman–Crippen LogP) is 3.26. The molecule has 1 heterocycles. The van der Waals surface area contributed by atoms with Crippen LogP contribution in [0.25, 0.3) is 10.1 Å². The summed E-state index contributed by atoms with van der Waals surface area (Å²) in [6.07, 6.45) is 1.04. The zero-order valence-electron chi connectivity index (χ0n) is 8.50. The number of aliphatic hydroxyl groups excluding tert-OH is 1. The van der Waals surface area contributed by atoms with E-state index in [2.05, 4.69) is 31.4 Å². The monoisotopic (exact) mass is 206 g/mol. The average Bonchev–Trinajstić information content (AvgIpc) is 2.59. The average molecular weight is 206 g/mol. The molecule has 0 unspecified atom stereocenters. The lowest BCUT2D eigenvalue weighted by molar-refractivity contribution is 0.283. The van der Waals surface area contributed by atoms with Gasteiger partial charge in [-0.3, -0.25) is 0 Å². The van der Waals surface area contributed by atoms with Crippen LogP contribution in [0.1, 0.15) is 23.6 Å². The van der Waals surface area contributed by atoms with Crippen LogP contribution in [0.5, 0.6) is 0 Å². The Morgan fingerprint density at radius 2 is 2.07 bits per heavy atom. The Bertz CT molecular complexity index is 457. The molecule has 74 valence electrons. The molecule has 1 N–H and O–H groups in total. The normalized spacial score (nSPS) is 11.1. The minimum atomic E-state index is 0.141. The third kappa shape index (κ3) is 1.45.